The van der Waals surface area contributed by atoms with Gasteiger partial charge in [0.1, 0.15) is 0 Å². The van der Waals surface area contributed by atoms with Crippen LogP contribution >= 0.6 is 0 Å². The van der Waals surface area contributed by atoms with Crippen molar-refractivity contribution in [1.29, 1.82) is 0 Å². The Hall–Kier alpha value is -2.30. The highest BCUT2D eigenvalue weighted by atomic mass is 16.3. The first-order chi connectivity index (χ1) is 9.38. The normalized spacial score (nSPS) is 10.1. The monoisotopic (exact) mass is 256 g/mol. The van der Waals surface area contributed by atoms with Crippen molar-refractivity contribution in [2.45, 2.75) is 12.8 Å². The summed E-state index contributed by atoms with van der Waals surface area (Å²) < 4.78 is 0. The number of pyridine rings is 2. The Kier molecular flexibility index (Phi) is 4.98. The van der Waals surface area contributed by atoms with Gasteiger partial charge < -0.3 is 0 Å². The van der Waals surface area contributed by atoms with Gasteiger partial charge in [-0.1, -0.05) is 12.1 Å². The van der Waals surface area contributed by atoms with Crippen LogP contribution in [0.15, 0.2) is 54.1 Å². The molecule has 0 aliphatic heterocycles. The van der Waals surface area contributed by atoms with Crippen molar-refractivity contribution in [2.75, 3.05) is 13.1 Å². The van der Waals surface area contributed by atoms with Crippen LogP contribution in [0, 0.1) is 4.91 Å². The average Bonchev–Trinajstić information content (AvgIpc) is 2.49. The van der Waals surface area contributed by atoms with Crippen molar-refractivity contribution in [2.24, 2.45) is 5.29 Å². The van der Waals surface area contributed by atoms with E-state index in [2.05, 4.69) is 15.3 Å². The van der Waals surface area contributed by atoms with Crippen LogP contribution in [0.5, 0.6) is 0 Å². The molecule has 0 radical (unpaired) electrons. The molecule has 0 spiro atoms. The van der Waals surface area contributed by atoms with Crippen molar-refractivity contribution >= 4 is 0 Å². The van der Waals surface area contributed by atoms with E-state index in [-0.39, 0.29) is 0 Å². The maximum Gasteiger partial charge on any atom is 0.0524 e. The van der Waals surface area contributed by atoms with Crippen LogP contribution in [0.4, 0.5) is 0 Å². The van der Waals surface area contributed by atoms with E-state index >= 15 is 0 Å². The summed E-state index contributed by atoms with van der Waals surface area (Å²) in [6, 6.07) is 11.5. The van der Waals surface area contributed by atoms with Gasteiger partial charge in [-0.15, -0.1) is 4.91 Å². The minimum absolute atomic E-state index is 0.577. The molecule has 2 aromatic heterocycles. The molecule has 0 amide bonds. The minimum atomic E-state index is 0.577. The van der Waals surface area contributed by atoms with Gasteiger partial charge in [0.2, 0.25) is 0 Å². The summed E-state index contributed by atoms with van der Waals surface area (Å²) in [5.41, 5.74) is 1.93. The summed E-state index contributed by atoms with van der Waals surface area (Å²) in [6.45, 7) is 1.15. The Morgan fingerprint density at radius 3 is 1.79 bits per heavy atom. The fourth-order valence-corrected chi connectivity index (χ4v) is 1.77. The van der Waals surface area contributed by atoms with Crippen LogP contribution in [0.2, 0.25) is 0 Å². The SMILES string of the molecule is O=NN(CCc1ccccn1)CCc1ccccn1. The highest BCUT2D eigenvalue weighted by Crippen LogP contribution is 2.01. The van der Waals surface area contributed by atoms with Crippen molar-refractivity contribution in [1.82, 2.24) is 15.0 Å². The van der Waals surface area contributed by atoms with Crippen molar-refractivity contribution < 1.29 is 0 Å². The maximum atomic E-state index is 10.8. The second-order valence-electron chi connectivity index (χ2n) is 4.18. The van der Waals surface area contributed by atoms with Gasteiger partial charge >= 0.3 is 0 Å². The third-order valence-corrected chi connectivity index (χ3v) is 2.82. The molecule has 2 rings (SSSR count). The molecular weight excluding hydrogens is 240 g/mol. The van der Waals surface area contributed by atoms with Crippen LogP contribution in [0.3, 0.4) is 0 Å². The van der Waals surface area contributed by atoms with Gasteiger partial charge in [0, 0.05) is 49.7 Å². The molecule has 5 heteroatoms. The smallest absolute Gasteiger partial charge is 0.0524 e. The van der Waals surface area contributed by atoms with Gasteiger partial charge in [0.25, 0.3) is 0 Å². The molecular formula is C14H16N4O. The molecule has 0 aliphatic rings. The minimum Gasteiger partial charge on any atom is -0.261 e. The first-order valence-electron chi connectivity index (χ1n) is 6.26. The predicted octanol–water partition coefficient (Wildman–Crippen LogP) is 2.25. The Morgan fingerprint density at radius 2 is 1.42 bits per heavy atom. The summed E-state index contributed by atoms with van der Waals surface area (Å²) >= 11 is 0. The molecule has 0 atom stereocenters. The summed E-state index contributed by atoms with van der Waals surface area (Å²) in [5.74, 6) is 0. The standard InChI is InChI=1S/C14H16N4O/c19-17-18(11-7-13-5-1-3-9-15-13)12-8-14-6-2-4-10-16-14/h1-6,9-10H,7-8,11-12H2. The first kappa shape index (κ1) is 13.1. The van der Waals surface area contributed by atoms with E-state index in [0.29, 0.717) is 13.1 Å². The largest absolute Gasteiger partial charge is 0.261 e. The van der Waals surface area contributed by atoms with Crippen LogP contribution in [-0.4, -0.2) is 28.1 Å². The lowest BCUT2D eigenvalue weighted by Gasteiger charge is -2.14. The lowest BCUT2D eigenvalue weighted by molar-refractivity contribution is 0.289. The molecule has 0 bridgehead atoms. The topological polar surface area (TPSA) is 58.5 Å². The molecule has 2 heterocycles. The Labute approximate surface area is 112 Å². The van der Waals surface area contributed by atoms with Gasteiger partial charge in [-0.3, -0.25) is 15.0 Å². The molecule has 0 fully saturated rings. The number of hydrogen-bond acceptors (Lipinski definition) is 4. The highest BCUT2D eigenvalue weighted by Gasteiger charge is 2.05. The molecule has 0 saturated carbocycles. The van der Waals surface area contributed by atoms with E-state index in [1.807, 2.05) is 36.4 Å². The van der Waals surface area contributed by atoms with Crippen LogP contribution < -0.4 is 0 Å². The fourth-order valence-electron chi connectivity index (χ4n) is 1.77. The molecule has 0 N–H and O–H groups in total. The number of rotatable bonds is 7. The summed E-state index contributed by atoms with van der Waals surface area (Å²) in [4.78, 5) is 19.2. The molecule has 0 unspecified atom stereocenters. The zero-order valence-electron chi connectivity index (χ0n) is 10.6. The van der Waals surface area contributed by atoms with Crippen LogP contribution in [-0.2, 0) is 12.8 Å². The summed E-state index contributed by atoms with van der Waals surface area (Å²) in [5, 5.41) is 4.56. The van der Waals surface area contributed by atoms with Crippen molar-refractivity contribution in [3.05, 3.63) is 65.1 Å². The van der Waals surface area contributed by atoms with Crippen LogP contribution in [0.1, 0.15) is 11.4 Å². The quantitative estimate of drug-likeness (QED) is 0.563. The molecule has 19 heavy (non-hydrogen) atoms. The molecule has 0 saturated heterocycles. The van der Waals surface area contributed by atoms with E-state index in [9.17, 15) is 4.91 Å². The van der Waals surface area contributed by atoms with Crippen LogP contribution in [0.25, 0.3) is 0 Å². The van der Waals surface area contributed by atoms with Crippen molar-refractivity contribution in [3.8, 4) is 0 Å². The number of hydrogen-bond donors (Lipinski definition) is 0. The van der Waals surface area contributed by atoms with Gasteiger partial charge in [-0.05, 0) is 24.3 Å². The predicted molar refractivity (Wildman–Crippen MR) is 73.3 cm³/mol. The number of nitrogens with zero attached hydrogens (tertiary/aromatic N) is 4. The Morgan fingerprint density at radius 1 is 0.895 bits per heavy atom. The summed E-state index contributed by atoms with van der Waals surface area (Å²) in [7, 11) is 0. The molecule has 98 valence electrons. The van der Waals surface area contributed by atoms with Crippen molar-refractivity contribution in [3.63, 3.8) is 0 Å². The third kappa shape index (κ3) is 4.46. The molecule has 0 aliphatic carbocycles. The third-order valence-electron chi connectivity index (χ3n) is 2.82. The lowest BCUT2D eigenvalue weighted by Crippen LogP contribution is -2.23. The second-order valence-corrected chi connectivity index (χ2v) is 4.18. The zero-order chi connectivity index (χ0) is 13.3. The first-order valence-corrected chi connectivity index (χ1v) is 6.26. The van der Waals surface area contributed by atoms with Gasteiger partial charge in [-0.2, -0.15) is 0 Å². The van der Waals surface area contributed by atoms with Gasteiger partial charge in [0.15, 0.2) is 0 Å². The zero-order valence-corrected chi connectivity index (χ0v) is 10.6. The van der Waals surface area contributed by atoms with Gasteiger partial charge in [-0.25, -0.2) is 0 Å². The van der Waals surface area contributed by atoms with E-state index in [1.165, 1.54) is 5.01 Å². The lowest BCUT2D eigenvalue weighted by atomic mass is 10.2. The molecule has 5 nitrogen and oxygen atoms in total. The Bertz CT molecular complexity index is 446. The van der Waals surface area contributed by atoms with E-state index in [0.717, 1.165) is 24.2 Å². The number of aromatic nitrogens is 2. The molecule has 2 aromatic rings. The van der Waals surface area contributed by atoms with E-state index < -0.39 is 0 Å². The second kappa shape index (κ2) is 7.20. The van der Waals surface area contributed by atoms with Gasteiger partial charge in [0.05, 0.1) is 5.29 Å². The maximum absolute atomic E-state index is 10.8. The average molecular weight is 256 g/mol. The van der Waals surface area contributed by atoms with E-state index in [1.54, 1.807) is 12.4 Å². The Balaban J connectivity index is 1.79. The number of nitroso groups, excluding NO2 is 1. The fraction of sp³-hybridized carbons (Fsp3) is 0.286. The molecule has 0 aromatic carbocycles. The van der Waals surface area contributed by atoms with E-state index in [4.69, 9.17) is 0 Å². The highest BCUT2D eigenvalue weighted by molar-refractivity contribution is 5.05. The summed E-state index contributed by atoms with van der Waals surface area (Å²) in [6.07, 6.45) is 4.94.